The monoisotopic (exact) mass is 613 g/mol. The maximum Gasteiger partial charge on any atom is 0.280 e. The van der Waals surface area contributed by atoms with E-state index in [4.69, 9.17) is 5.73 Å². The molecule has 0 aromatic carbocycles. The van der Waals surface area contributed by atoms with E-state index < -0.39 is 18.0 Å². The molecule has 0 aliphatic rings. The van der Waals surface area contributed by atoms with Crippen molar-refractivity contribution in [3.63, 3.8) is 0 Å². The maximum atomic E-state index is 13.7. The molecule has 0 spiro atoms. The van der Waals surface area contributed by atoms with E-state index in [0.717, 1.165) is 20.6 Å². The van der Waals surface area contributed by atoms with Gasteiger partial charge in [0.1, 0.15) is 15.4 Å². The lowest BCUT2D eigenvalue weighted by molar-refractivity contribution is -0.116. The third kappa shape index (κ3) is 4.91. The van der Waals surface area contributed by atoms with Gasteiger partial charge in [0, 0.05) is 35.8 Å². The number of carbonyl (C=O) groups is 2. The topological polar surface area (TPSA) is 121 Å². The minimum Gasteiger partial charge on any atom is -0.365 e. The minimum absolute atomic E-state index is 0.0406. The van der Waals surface area contributed by atoms with Crippen LogP contribution in [0.2, 0.25) is 0 Å². The molecule has 0 bridgehead atoms. The van der Waals surface area contributed by atoms with E-state index in [1.807, 2.05) is 13.8 Å². The second-order valence-electron chi connectivity index (χ2n) is 7.83. The molecule has 4 heterocycles. The number of nitrogens with zero attached hydrogens (tertiary/aromatic N) is 5. The highest BCUT2D eigenvalue weighted by molar-refractivity contribution is 14.1. The minimum atomic E-state index is -2.82. The van der Waals surface area contributed by atoms with Crippen LogP contribution < -0.4 is 11.1 Å². The summed E-state index contributed by atoms with van der Waals surface area (Å²) >= 11 is 3.04. The Hall–Kier alpha value is -2.94. The van der Waals surface area contributed by atoms with Crippen LogP contribution in [0.1, 0.15) is 46.5 Å². The molecule has 0 radical (unpaired) electrons. The van der Waals surface area contributed by atoms with E-state index in [1.165, 1.54) is 6.07 Å². The van der Waals surface area contributed by atoms with Crippen LogP contribution in [-0.2, 0) is 17.9 Å². The van der Waals surface area contributed by atoms with Crippen molar-refractivity contribution < 1.29 is 18.4 Å². The highest BCUT2D eigenvalue weighted by Gasteiger charge is 2.26. The quantitative estimate of drug-likeness (QED) is 0.280. The smallest absolute Gasteiger partial charge is 0.280 e. The first-order chi connectivity index (χ1) is 16.6. The van der Waals surface area contributed by atoms with Gasteiger partial charge in [0.15, 0.2) is 0 Å². The molecule has 0 aliphatic heterocycles. The normalized spacial score (nSPS) is 11.5. The van der Waals surface area contributed by atoms with E-state index in [0.29, 0.717) is 35.3 Å². The predicted octanol–water partition coefficient (Wildman–Crippen LogP) is 4.66. The molecule has 9 nitrogen and oxygen atoms in total. The van der Waals surface area contributed by atoms with E-state index in [1.54, 1.807) is 28.7 Å². The number of rotatable bonds is 8. The molecule has 3 N–H and O–H groups in total. The Morgan fingerprint density at radius 1 is 1.29 bits per heavy atom. The maximum absolute atomic E-state index is 13.7. The SMILES string of the molecule is CCn1cc(-c2cc(C(F)F)nc3sc(C(N)=O)c(NC(=O)CCn4ncc(I)c4C)c23)c(C)n1. The lowest BCUT2D eigenvalue weighted by Crippen LogP contribution is -2.18. The van der Waals surface area contributed by atoms with Crippen molar-refractivity contribution in [2.24, 2.45) is 5.73 Å². The van der Waals surface area contributed by atoms with Crippen LogP contribution in [0.5, 0.6) is 0 Å². The first-order valence-corrected chi connectivity index (χ1v) is 12.6. The highest BCUT2D eigenvalue weighted by atomic mass is 127. The zero-order valence-electron chi connectivity index (χ0n) is 19.1. The summed E-state index contributed by atoms with van der Waals surface area (Å²) in [5.74, 6) is -1.16. The molecule has 2 amide bonds. The van der Waals surface area contributed by atoms with Gasteiger partial charge in [-0.15, -0.1) is 11.3 Å². The van der Waals surface area contributed by atoms with Crippen LogP contribution in [0.4, 0.5) is 14.5 Å². The first kappa shape index (κ1) is 25.2. The van der Waals surface area contributed by atoms with Gasteiger partial charge in [-0.2, -0.15) is 10.2 Å². The number of pyridine rings is 1. The van der Waals surface area contributed by atoms with E-state index in [2.05, 4.69) is 43.1 Å². The number of thiophene rings is 1. The molecule has 4 rings (SSSR count). The summed E-state index contributed by atoms with van der Waals surface area (Å²) in [5, 5.41) is 11.8. The molecule has 0 atom stereocenters. The van der Waals surface area contributed by atoms with Gasteiger partial charge in [0.2, 0.25) is 5.91 Å². The highest BCUT2D eigenvalue weighted by Crippen LogP contribution is 2.43. The third-order valence-electron chi connectivity index (χ3n) is 5.55. The van der Waals surface area contributed by atoms with Gasteiger partial charge in [-0.05, 0) is 55.0 Å². The molecule has 0 unspecified atom stereocenters. The van der Waals surface area contributed by atoms with Gasteiger partial charge >= 0.3 is 0 Å². The number of halogens is 3. The summed E-state index contributed by atoms with van der Waals surface area (Å²) in [6.45, 7) is 6.50. The lowest BCUT2D eigenvalue weighted by atomic mass is 10.0. The number of nitrogens with one attached hydrogen (secondary N) is 1. The molecule has 0 aliphatic carbocycles. The summed E-state index contributed by atoms with van der Waals surface area (Å²) in [6, 6.07) is 1.28. The van der Waals surface area contributed by atoms with Crippen molar-refractivity contribution in [1.82, 2.24) is 24.5 Å². The molecule has 4 aromatic rings. The zero-order valence-corrected chi connectivity index (χ0v) is 22.1. The van der Waals surface area contributed by atoms with Gasteiger partial charge in [-0.3, -0.25) is 19.0 Å². The number of aryl methyl sites for hydroxylation is 3. The fourth-order valence-electron chi connectivity index (χ4n) is 3.74. The number of hydrogen-bond acceptors (Lipinski definition) is 6. The molecular weight excluding hydrogens is 591 g/mol. The van der Waals surface area contributed by atoms with Crippen molar-refractivity contribution in [3.05, 3.63) is 44.0 Å². The Morgan fingerprint density at radius 2 is 2.03 bits per heavy atom. The van der Waals surface area contributed by atoms with Crippen LogP contribution in [-0.4, -0.2) is 36.4 Å². The summed E-state index contributed by atoms with van der Waals surface area (Å²) in [5.41, 5.74) is 7.89. The lowest BCUT2D eigenvalue weighted by Gasteiger charge is -2.11. The molecular formula is C22H22F2IN7O2S. The van der Waals surface area contributed by atoms with Crippen molar-refractivity contribution in [1.29, 1.82) is 0 Å². The fourth-order valence-corrected chi connectivity index (χ4v) is 5.15. The number of amides is 2. The Kier molecular flexibility index (Phi) is 7.17. The summed E-state index contributed by atoms with van der Waals surface area (Å²) in [4.78, 5) is 29.4. The molecule has 13 heteroatoms. The number of anilines is 1. The third-order valence-corrected chi connectivity index (χ3v) is 7.71. The second-order valence-corrected chi connectivity index (χ2v) is 9.99. The Bertz CT molecular complexity index is 1440. The van der Waals surface area contributed by atoms with Gasteiger partial charge < -0.3 is 11.1 Å². The zero-order chi connectivity index (χ0) is 25.4. The number of nitrogens with two attached hydrogens (primary N) is 1. The Morgan fingerprint density at radius 3 is 2.60 bits per heavy atom. The largest absolute Gasteiger partial charge is 0.365 e. The molecule has 184 valence electrons. The number of carbonyl (C=O) groups excluding carboxylic acids is 2. The number of aromatic nitrogens is 5. The molecule has 0 saturated heterocycles. The van der Waals surface area contributed by atoms with Crippen molar-refractivity contribution in [2.75, 3.05) is 5.32 Å². The number of primary amides is 1. The predicted molar refractivity (Wildman–Crippen MR) is 138 cm³/mol. The molecule has 35 heavy (non-hydrogen) atoms. The summed E-state index contributed by atoms with van der Waals surface area (Å²) < 4.78 is 31.8. The van der Waals surface area contributed by atoms with Gasteiger partial charge in [0.05, 0.1) is 27.7 Å². The van der Waals surface area contributed by atoms with Gasteiger partial charge in [-0.1, -0.05) is 0 Å². The average Bonchev–Trinajstić information content (AvgIpc) is 3.47. The van der Waals surface area contributed by atoms with Crippen LogP contribution in [0.15, 0.2) is 18.5 Å². The van der Waals surface area contributed by atoms with E-state index in [9.17, 15) is 18.4 Å². The molecule has 0 saturated carbocycles. The van der Waals surface area contributed by atoms with Crippen LogP contribution in [0, 0.1) is 17.4 Å². The van der Waals surface area contributed by atoms with Crippen LogP contribution in [0.25, 0.3) is 21.3 Å². The van der Waals surface area contributed by atoms with Crippen LogP contribution in [0.3, 0.4) is 0 Å². The summed E-state index contributed by atoms with van der Waals surface area (Å²) in [7, 11) is 0. The number of fused-ring (bicyclic) bond motifs is 1. The number of hydrogen-bond donors (Lipinski definition) is 2. The van der Waals surface area contributed by atoms with Gasteiger partial charge in [-0.25, -0.2) is 13.8 Å². The van der Waals surface area contributed by atoms with Crippen molar-refractivity contribution in [2.45, 2.75) is 46.7 Å². The van der Waals surface area contributed by atoms with E-state index >= 15 is 0 Å². The summed E-state index contributed by atoms with van der Waals surface area (Å²) in [6.07, 6.45) is 0.716. The van der Waals surface area contributed by atoms with Crippen molar-refractivity contribution >= 4 is 61.6 Å². The van der Waals surface area contributed by atoms with E-state index in [-0.39, 0.29) is 27.7 Å². The van der Waals surface area contributed by atoms with Crippen LogP contribution >= 0.6 is 33.9 Å². The average molecular weight is 613 g/mol. The molecule has 4 aromatic heterocycles. The number of alkyl halides is 2. The second kappa shape index (κ2) is 9.97. The Balaban J connectivity index is 1.81. The van der Waals surface area contributed by atoms with Gasteiger partial charge in [0.25, 0.3) is 12.3 Å². The Labute approximate surface area is 216 Å². The fraction of sp³-hybridized carbons (Fsp3) is 0.318. The first-order valence-electron chi connectivity index (χ1n) is 10.7. The molecule has 0 fully saturated rings. The van der Waals surface area contributed by atoms with Crippen molar-refractivity contribution in [3.8, 4) is 11.1 Å². The standard InChI is InChI=1S/C22H22F2IN7O2S/c1-4-31-9-13(10(2)30-31)12-7-15(20(23)24)28-22-17(12)18(19(35-22)21(26)34)29-16(33)5-6-32-11(3)14(25)8-27-32/h7-9,20H,4-6H2,1-3H3,(H2,26,34)(H,29,33).